The number of thiophene rings is 1. The molecule has 1 aromatic carbocycles. The number of aromatic nitrogens is 4. The minimum Gasteiger partial charge on any atom is -0.345 e. The molecule has 0 amide bonds. The smallest absolute Gasteiger partial charge is 0.293 e. The van der Waals surface area contributed by atoms with Crippen LogP contribution in [-0.4, -0.2) is 65.9 Å². The van der Waals surface area contributed by atoms with Crippen molar-refractivity contribution in [2.24, 2.45) is 0 Å². The summed E-state index contributed by atoms with van der Waals surface area (Å²) in [4.78, 5) is 12.3. The number of hydrogen-bond donors (Lipinski definition) is 0. The molecule has 40 heavy (non-hydrogen) atoms. The number of anilines is 2. The number of hydrogen-bond acceptors (Lipinski definition) is 10. The van der Waals surface area contributed by atoms with Crippen LogP contribution in [-0.2, 0) is 19.9 Å². The van der Waals surface area contributed by atoms with E-state index in [1.807, 2.05) is 4.90 Å². The molecule has 1 aliphatic carbocycles. The van der Waals surface area contributed by atoms with Crippen molar-refractivity contribution in [2.75, 3.05) is 29.4 Å². The molecular weight excluding hydrogens is 599 g/mol. The molecule has 4 heterocycles. The van der Waals surface area contributed by atoms with E-state index in [1.165, 1.54) is 12.1 Å². The molecule has 212 valence electrons. The zero-order chi connectivity index (χ0) is 28.7. The van der Waals surface area contributed by atoms with Crippen LogP contribution in [0.4, 0.5) is 16.2 Å². The summed E-state index contributed by atoms with van der Waals surface area (Å²) in [7, 11) is -7.99. The van der Waals surface area contributed by atoms with Crippen molar-refractivity contribution < 1.29 is 21.2 Å². The summed E-state index contributed by atoms with van der Waals surface area (Å²) in [6.07, 6.45) is 3.96. The van der Waals surface area contributed by atoms with E-state index in [9.17, 15) is 21.2 Å². The van der Waals surface area contributed by atoms with Gasteiger partial charge in [0.05, 0.1) is 38.6 Å². The van der Waals surface area contributed by atoms with Crippen LogP contribution in [0.15, 0.2) is 51.1 Å². The molecule has 3 aromatic heterocycles. The van der Waals surface area contributed by atoms with E-state index >= 15 is 0 Å². The molecule has 1 aliphatic heterocycles. The van der Waals surface area contributed by atoms with Crippen molar-refractivity contribution in [1.82, 2.24) is 19.2 Å². The molecule has 1 spiro atoms. The Balaban J connectivity index is 1.41. The molecule has 2 aliphatic rings. The average Bonchev–Trinajstić information content (AvgIpc) is 3.29. The van der Waals surface area contributed by atoms with Gasteiger partial charge in [-0.2, -0.15) is 12.5 Å². The van der Waals surface area contributed by atoms with Crippen LogP contribution in [0.1, 0.15) is 33.6 Å². The first-order valence-corrected chi connectivity index (χ1v) is 16.6. The lowest BCUT2D eigenvalue weighted by molar-refractivity contribution is 0.497. The summed E-state index contributed by atoms with van der Waals surface area (Å²) in [6, 6.07) is 7.61. The zero-order valence-corrected chi connectivity index (χ0v) is 25.1. The highest BCUT2D eigenvalue weighted by molar-refractivity contribution is 7.96. The van der Waals surface area contributed by atoms with E-state index in [4.69, 9.17) is 11.6 Å². The van der Waals surface area contributed by atoms with Gasteiger partial charge in [0, 0.05) is 19.6 Å². The summed E-state index contributed by atoms with van der Waals surface area (Å²) in [6.45, 7) is 6.27. The van der Waals surface area contributed by atoms with Crippen LogP contribution in [0, 0.1) is 5.82 Å². The number of benzene rings is 1. The number of piperazine rings is 1. The third kappa shape index (κ3) is 4.27. The molecule has 0 radical (unpaired) electrons. The third-order valence-corrected chi connectivity index (χ3v) is 13.8. The fraction of sp³-hybridized carbons (Fsp3) is 0.400. The molecule has 0 bridgehead atoms. The Hall–Kier alpha value is -2.81. The highest BCUT2D eigenvalue weighted by Gasteiger charge is 2.53. The molecule has 0 atom stereocenters. The summed E-state index contributed by atoms with van der Waals surface area (Å²) >= 11 is 7.35. The first kappa shape index (κ1) is 27.4. The average molecular weight is 625 g/mol. The maximum absolute atomic E-state index is 13.9. The number of halogens is 2. The van der Waals surface area contributed by atoms with Gasteiger partial charge in [-0.3, -0.25) is 0 Å². The fourth-order valence-electron chi connectivity index (χ4n) is 4.95. The van der Waals surface area contributed by atoms with Gasteiger partial charge >= 0.3 is 0 Å². The van der Waals surface area contributed by atoms with Crippen LogP contribution in [0.5, 0.6) is 0 Å². The van der Waals surface area contributed by atoms with Crippen LogP contribution in [0.3, 0.4) is 0 Å². The first-order valence-electron chi connectivity index (χ1n) is 12.5. The van der Waals surface area contributed by atoms with E-state index < -0.39 is 30.4 Å². The second-order valence-corrected chi connectivity index (χ2v) is 17.4. The highest BCUT2D eigenvalue weighted by atomic mass is 35.5. The third-order valence-electron chi connectivity index (χ3n) is 7.34. The van der Waals surface area contributed by atoms with Gasteiger partial charge in [0.1, 0.15) is 8.42 Å². The van der Waals surface area contributed by atoms with Crippen molar-refractivity contribution in [3.05, 3.63) is 53.6 Å². The van der Waals surface area contributed by atoms with Gasteiger partial charge in [0.15, 0.2) is 21.5 Å². The largest absolute Gasteiger partial charge is 0.345 e. The Labute approximate surface area is 240 Å². The molecule has 10 nitrogen and oxygen atoms in total. The van der Waals surface area contributed by atoms with Crippen LogP contribution < -0.4 is 9.80 Å². The fourth-order valence-corrected chi connectivity index (χ4v) is 10.0. The Morgan fingerprint density at radius 1 is 1.00 bits per heavy atom. The minimum absolute atomic E-state index is 0.0237. The monoisotopic (exact) mass is 624 g/mol. The molecular formula is C25H26ClFN6O4S3. The van der Waals surface area contributed by atoms with Crippen LogP contribution in [0.25, 0.3) is 10.9 Å². The molecule has 15 heteroatoms. The molecule has 2 fully saturated rings. The maximum Gasteiger partial charge on any atom is 0.293 e. The van der Waals surface area contributed by atoms with E-state index in [0.29, 0.717) is 58.7 Å². The van der Waals surface area contributed by atoms with Crippen molar-refractivity contribution >= 4 is 65.5 Å². The van der Waals surface area contributed by atoms with Gasteiger partial charge in [-0.1, -0.05) is 17.7 Å². The molecule has 6 rings (SSSR count). The number of fused-ring (bicyclic) bond motifs is 1. The van der Waals surface area contributed by atoms with E-state index in [-0.39, 0.29) is 14.0 Å². The topological polar surface area (TPSA) is 118 Å². The molecule has 4 aromatic rings. The zero-order valence-electron chi connectivity index (χ0n) is 21.9. The number of sulfone groups is 1. The normalized spacial score (nSPS) is 17.6. The van der Waals surface area contributed by atoms with Gasteiger partial charge in [-0.15, -0.1) is 16.4 Å². The van der Waals surface area contributed by atoms with E-state index in [1.54, 1.807) is 39.0 Å². The number of rotatable bonds is 5. The van der Waals surface area contributed by atoms with Gasteiger partial charge in [0.2, 0.25) is 5.95 Å². The molecule has 0 unspecified atom stereocenters. The summed E-state index contributed by atoms with van der Waals surface area (Å²) in [5, 5.41) is 5.48. The van der Waals surface area contributed by atoms with Gasteiger partial charge in [-0.05, 0) is 57.9 Å². The predicted octanol–water partition coefficient (Wildman–Crippen LogP) is 4.35. The predicted molar refractivity (Wildman–Crippen MR) is 152 cm³/mol. The molecule has 1 saturated heterocycles. The standard InChI is InChI=1S/C25H26ClFN6O4S3/c1-24(2,3)39(34,35)19-7-8-20(38-19)40(36,37)33-18-6-4-5-17(26)21(18)22(30-33)32-12-11-31(15-25(32)9-10-25)23-28-13-16(27)14-29-23/h4-8,13-14H,9-12,15H2,1-3H3. The minimum atomic E-state index is -4.25. The Bertz CT molecular complexity index is 1850. The second-order valence-electron chi connectivity index (χ2n) is 11.0. The van der Waals surface area contributed by atoms with Crippen molar-refractivity contribution in [2.45, 2.75) is 52.3 Å². The Kier molecular flexibility index (Phi) is 6.22. The lowest BCUT2D eigenvalue weighted by Crippen LogP contribution is -2.56. The molecule has 0 N–H and O–H groups in total. The Morgan fingerprint density at radius 2 is 1.68 bits per heavy atom. The SMILES string of the molecule is CC(C)(C)S(=O)(=O)c1ccc(S(=O)(=O)n2nc(N3CCN(c4ncc(F)cn4)CC34CC4)c3c(Cl)cccc32)s1. The summed E-state index contributed by atoms with van der Waals surface area (Å²) in [5.74, 6) is 0.368. The maximum atomic E-state index is 13.9. The van der Waals surface area contributed by atoms with Gasteiger partial charge < -0.3 is 9.80 Å². The summed E-state index contributed by atoms with van der Waals surface area (Å²) < 4.78 is 66.8. The quantitative estimate of drug-likeness (QED) is 0.319. The lowest BCUT2D eigenvalue weighted by atomic mass is 10.1. The lowest BCUT2D eigenvalue weighted by Gasteiger charge is -2.42. The first-order chi connectivity index (χ1) is 18.7. The van der Waals surface area contributed by atoms with Crippen molar-refractivity contribution in [1.29, 1.82) is 0 Å². The summed E-state index contributed by atoms with van der Waals surface area (Å²) in [5.41, 5.74) is -0.0294. The van der Waals surface area contributed by atoms with Gasteiger partial charge in [0.25, 0.3) is 10.0 Å². The van der Waals surface area contributed by atoms with Crippen LogP contribution in [0.2, 0.25) is 5.02 Å². The molecule has 1 saturated carbocycles. The van der Waals surface area contributed by atoms with Crippen molar-refractivity contribution in [3.63, 3.8) is 0 Å². The highest BCUT2D eigenvalue weighted by Crippen LogP contribution is 2.49. The van der Waals surface area contributed by atoms with E-state index in [0.717, 1.165) is 29.3 Å². The number of nitrogens with zero attached hydrogens (tertiary/aromatic N) is 6. The van der Waals surface area contributed by atoms with Gasteiger partial charge in [-0.25, -0.2) is 22.8 Å². The van der Waals surface area contributed by atoms with Crippen molar-refractivity contribution in [3.8, 4) is 0 Å². The van der Waals surface area contributed by atoms with E-state index in [2.05, 4.69) is 20.0 Å². The Morgan fingerprint density at radius 3 is 2.33 bits per heavy atom. The second kappa shape index (κ2) is 9.10. The van der Waals surface area contributed by atoms with Crippen LogP contribution >= 0.6 is 22.9 Å².